The standard InChI is InChI=1S/C12H16FN3O2/c13-11-10(2-1-3-14-11)12(17)15-4-5-16-6-8-18-9-7-16/h1-3H,4-9H2,(H,15,17). The summed E-state index contributed by atoms with van der Waals surface area (Å²) in [5.41, 5.74) is -0.0144. The van der Waals surface area contributed by atoms with E-state index in [1.807, 2.05) is 0 Å². The summed E-state index contributed by atoms with van der Waals surface area (Å²) in [7, 11) is 0. The lowest BCUT2D eigenvalue weighted by Gasteiger charge is -2.26. The molecule has 1 saturated heterocycles. The molecule has 2 heterocycles. The highest BCUT2D eigenvalue weighted by molar-refractivity contribution is 5.94. The summed E-state index contributed by atoms with van der Waals surface area (Å²) in [6.07, 6.45) is 1.32. The fourth-order valence-corrected chi connectivity index (χ4v) is 1.80. The van der Waals surface area contributed by atoms with Crippen LogP contribution in [0.4, 0.5) is 4.39 Å². The van der Waals surface area contributed by atoms with Crippen molar-refractivity contribution in [2.75, 3.05) is 39.4 Å². The molecule has 0 saturated carbocycles. The average molecular weight is 253 g/mol. The maximum absolute atomic E-state index is 13.2. The molecule has 0 spiro atoms. The van der Waals surface area contributed by atoms with E-state index in [-0.39, 0.29) is 5.56 Å². The van der Waals surface area contributed by atoms with E-state index in [1.54, 1.807) is 6.07 Å². The highest BCUT2D eigenvalue weighted by atomic mass is 19.1. The van der Waals surface area contributed by atoms with Gasteiger partial charge in [0.2, 0.25) is 5.95 Å². The predicted molar refractivity (Wildman–Crippen MR) is 63.8 cm³/mol. The quantitative estimate of drug-likeness (QED) is 0.783. The van der Waals surface area contributed by atoms with Gasteiger partial charge in [0.15, 0.2) is 0 Å². The minimum atomic E-state index is -0.735. The van der Waals surface area contributed by atoms with Gasteiger partial charge in [0, 0.05) is 32.4 Å². The average Bonchev–Trinajstić information content (AvgIpc) is 2.40. The number of hydrogen-bond donors (Lipinski definition) is 1. The number of nitrogens with zero attached hydrogens (tertiary/aromatic N) is 2. The number of hydrogen-bond acceptors (Lipinski definition) is 4. The Kier molecular flexibility index (Phi) is 4.60. The van der Waals surface area contributed by atoms with E-state index in [1.165, 1.54) is 12.3 Å². The second kappa shape index (κ2) is 6.42. The zero-order chi connectivity index (χ0) is 12.8. The van der Waals surface area contributed by atoms with E-state index >= 15 is 0 Å². The van der Waals surface area contributed by atoms with Crippen LogP contribution in [0.15, 0.2) is 18.3 Å². The Balaban J connectivity index is 1.76. The van der Waals surface area contributed by atoms with Crippen LogP contribution in [0.5, 0.6) is 0 Å². The van der Waals surface area contributed by atoms with Crippen molar-refractivity contribution in [2.45, 2.75) is 0 Å². The lowest BCUT2D eigenvalue weighted by molar-refractivity contribution is 0.0383. The summed E-state index contributed by atoms with van der Waals surface area (Å²) in [4.78, 5) is 17.3. The third-order valence-electron chi connectivity index (χ3n) is 2.82. The smallest absolute Gasteiger partial charge is 0.255 e. The van der Waals surface area contributed by atoms with Crippen molar-refractivity contribution in [3.8, 4) is 0 Å². The Morgan fingerprint density at radius 1 is 1.50 bits per heavy atom. The Labute approximate surface area is 105 Å². The van der Waals surface area contributed by atoms with Crippen LogP contribution in [-0.4, -0.2) is 55.2 Å². The zero-order valence-corrected chi connectivity index (χ0v) is 10.1. The van der Waals surface area contributed by atoms with Crippen LogP contribution < -0.4 is 5.32 Å². The largest absolute Gasteiger partial charge is 0.379 e. The first-order valence-electron chi connectivity index (χ1n) is 5.96. The van der Waals surface area contributed by atoms with Crippen LogP contribution in [0.1, 0.15) is 10.4 Å². The molecule has 2 rings (SSSR count). The molecule has 1 fully saturated rings. The molecular formula is C12H16FN3O2. The molecule has 0 aliphatic carbocycles. The number of morpholine rings is 1. The number of nitrogens with one attached hydrogen (secondary N) is 1. The maximum Gasteiger partial charge on any atom is 0.255 e. The first-order chi connectivity index (χ1) is 8.77. The molecule has 0 bridgehead atoms. The highest BCUT2D eigenvalue weighted by Crippen LogP contribution is 2.02. The Bertz CT molecular complexity index is 408. The van der Waals surface area contributed by atoms with Gasteiger partial charge in [-0.05, 0) is 12.1 Å². The fraction of sp³-hybridized carbons (Fsp3) is 0.500. The number of ether oxygens (including phenoxy) is 1. The first-order valence-corrected chi connectivity index (χ1v) is 5.96. The molecule has 0 radical (unpaired) electrons. The lowest BCUT2D eigenvalue weighted by Crippen LogP contribution is -2.41. The Morgan fingerprint density at radius 2 is 2.28 bits per heavy atom. The van der Waals surface area contributed by atoms with Crippen LogP contribution >= 0.6 is 0 Å². The number of carbonyl (C=O) groups is 1. The van der Waals surface area contributed by atoms with Gasteiger partial charge in [0.05, 0.1) is 18.8 Å². The monoisotopic (exact) mass is 253 g/mol. The van der Waals surface area contributed by atoms with Crippen LogP contribution in [0.3, 0.4) is 0 Å². The third kappa shape index (κ3) is 3.48. The van der Waals surface area contributed by atoms with Gasteiger partial charge < -0.3 is 10.1 Å². The van der Waals surface area contributed by atoms with Crippen molar-refractivity contribution in [1.29, 1.82) is 0 Å². The molecule has 18 heavy (non-hydrogen) atoms. The molecule has 6 heteroatoms. The van der Waals surface area contributed by atoms with Crippen molar-refractivity contribution in [3.05, 3.63) is 29.8 Å². The van der Waals surface area contributed by atoms with Gasteiger partial charge >= 0.3 is 0 Å². The van der Waals surface area contributed by atoms with E-state index in [2.05, 4.69) is 15.2 Å². The number of rotatable bonds is 4. The van der Waals surface area contributed by atoms with Crippen molar-refractivity contribution < 1.29 is 13.9 Å². The highest BCUT2D eigenvalue weighted by Gasteiger charge is 2.13. The Hall–Kier alpha value is -1.53. The molecule has 0 atom stereocenters. The van der Waals surface area contributed by atoms with Crippen molar-refractivity contribution in [2.24, 2.45) is 0 Å². The molecule has 1 aliphatic rings. The van der Waals surface area contributed by atoms with E-state index in [4.69, 9.17) is 4.74 Å². The molecule has 1 N–H and O–H groups in total. The summed E-state index contributed by atoms with van der Waals surface area (Å²) in [6, 6.07) is 2.96. The fourth-order valence-electron chi connectivity index (χ4n) is 1.80. The summed E-state index contributed by atoms with van der Waals surface area (Å²) in [5, 5.41) is 2.69. The van der Waals surface area contributed by atoms with E-state index in [0.717, 1.165) is 32.8 Å². The van der Waals surface area contributed by atoms with Gasteiger partial charge in [-0.3, -0.25) is 9.69 Å². The second-order valence-corrected chi connectivity index (χ2v) is 4.05. The van der Waals surface area contributed by atoms with Crippen molar-refractivity contribution in [1.82, 2.24) is 15.2 Å². The Morgan fingerprint density at radius 3 is 3.00 bits per heavy atom. The number of carbonyl (C=O) groups excluding carboxylic acids is 1. The first kappa shape index (κ1) is 12.9. The number of amides is 1. The topological polar surface area (TPSA) is 54.5 Å². The number of halogens is 1. The maximum atomic E-state index is 13.2. The summed E-state index contributed by atoms with van der Waals surface area (Å²) in [6.45, 7) is 4.44. The van der Waals surface area contributed by atoms with Crippen LogP contribution in [-0.2, 0) is 4.74 Å². The summed E-state index contributed by atoms with van der Waals surface area (Å²) in [5.74, 6) is -1.16. The summed E-state index contributed by atoms with van der Waals surface area (Å²) >= 11 is 0. The van der Waals surface area contributed by atoms with Gasteiger partial charge in [-0.25, -0.2) is 4.98 Å². The number of aromatic nitrogens is 1. The van der Waals surface area contributed by atoms with Crippen LogP contribution in [0.25, 0.3) is 0 Å². The molecule has 0 unspecified atom stereocenters. The lowest BCUT2D eigenvalue weighted by atomic mass is 10.2. The molecule has 0 aromatic carbocycles. The third-order valence-corrected chi connectivity index (χ3v) is 2.82. The number of pyridine rings is 1. The molecule has 5 nitrogen and oxygen atoms in total. The molecule has 1 amide bonds. The van der Waals surface area contributed by atoms with Gasteiger partial charge in [-0.1, -0.05) is 0 Å². The molecule has 98 valence electrons. The minimum Gasteiger partial charge on any atom is -0.379 e. The minimum absolute atomic E-state index is 0.0144. The van der Waals surface area contributed by atoms with E-state index < -0.39 is 11.9 Å². The molecule has 1 aromatic heterocycles. The summed E-state index contributed by atoms with van der Waals surface area (Å²) < 4.78 is 18.4. The van der Waals surface area contributed by atoms with Gasteiger partial charge in [0.25, 0.3) is 5.91 Å². The van der Waals surface area contributed by atoms with Crippen molar-refractivity contribution in [3.63, 3.8) is 0 Å². The van der Waals surface area contributed by atoms with Crippen LogP contribution in [0.2, 0.25) is 0 Å². The SMILES string of the molecule is O=C(NCCN1CCOCC1)c1cccnc1F. The molecular weight excluding hydrogens is 237 g/mol. The normalized spacial score (nSPS) is 16.5. The van der Waals surface area contributed by atoms with Gasteiger partial charge in [0.1, 0.15) is 0 Å². The van der Waals surface area contributed by atoms with Crippen LogP contribution in [0, 0.1) is 5.95 Å². The second-order valence-electron chi connectivity index (χ2n) is 4.05. The van der Waals surface area contributed by atoms with Crippen molar-refractivity contribution >= 4 is 5.91 Å². The van der Waals surface area contributed by atoms with E-state index in [0.29, 0.717) is 6.54 Å². The predicted octanol–water partition coefficient (Wildman–Crippen LogP) is 0.283. The van der Waals surface area contributed by atoms with E-state index in [9.17, 15) is 9.18 Å². The zero-order valence-electron chi connectivity index (χ0n) is 10.1. The molecule has 1 aliphatic heterocycles. The van der Waals surface area contributed by atoms with Gasteiger partial charge in [-0.2, -0.15) is 4.39 Å². The molecule has 1 aromatic rings. The van der Waals surface area contributed by atoms with Gasteiger partial charge in [-0.15, -0.1) is 0 Å².